The molecule has 0 amide bonds. The Morgan fingerprint density at radius 2 is 2.05 bits per heavy atom. The molecule has 0 saturated carbocycles. The molecular weight excluding hydrogens is 292 g/mol. The van der Waals surface area contributed by atoms with E-state index < -0.39 is 30.1 Å². The maximum atomic E-state index is 11.9. The summed E-state index contributed by atoms with van der Waals surface area (Å²) in [5.74, 6) is -1.21. The highest BCUT2D eigenvalue weighted by Crippen LogP contribution is 2.00. The van der Waals surface area contributed by atoms with Gasteiger partial charge in [0.15, 0.2) is 0 Å². The Morgan fingerprint density at radius 1 is 1.41 bits per heavy atom. The van der Waals surface area contributed by atoms with Crippen LogP contribution in [0.25, 0.3) is 0 Å². The van der Waals surface area contributed by atoms with Crippen molar-refractivity contribution >= 4 is 11.9 Å². The van der Waals surface area contributed by atoms with Crippen molar-refractivity contribution in [2.24, 2.45) is 5.73 Å². The number of hydrogen-bond acceptors (Lipinski definition) is 8. The molecule has 0 unspecified atom stereocenters. The van der Waals surface area contributed by atoms with Gasteiger partial charge in [-0.3, -0.25) is 9.59 Å². The topological polar surface area (TPSA) is 140 Å². The third kappa shape index (κ3) is 5.80. The predicted octanol–water partition coefficient (Wildman–Crippen LogP) is -1.67. The molecule has 1 aromatic heterocycles. The number of aliphatic hydroxyl groups is 1. The molecule has 1 aromatic rings. The van der Waals surface area contributed by atoms with Crippen LogP contribution in [0.5, 0.6) is 0 Å². The molecule has 0 radical (unpaired) electrons. The predicted molar refractivity (Wildman–Crippen MR) is 76.7 cm³/mol. The van der Waals surface area contributed by atoms with Gasteiger partial charge in [0.25, 0.3) is 0 Å². The molecule has 0 spiro atoms. The summed E-state index contributed by atoms with van der Waals surface area (Å²) in [6.45, 7) is 1.18. The highest BCUT2D eigenvalue weighted by molar-refractivity contribution is 5.77. The van der Waals surface area contributed by atoms with Crippen LogP contribution in [0.1, 0.15) is 12.6 Å². The number of H-pyrrole nitrogens is 1. The molecule has 1 heterocycles. The number of imidazole rings is 1. The molecule has 5 N–H and O–H groups in total. The van der Waals surface area contributed by atoms with Crippen molar-refractivity contribution in [2.45, 2.75) is 31.5 Å². The molecule has 22 heavy (non-hydrogen) atoms. The lowest BCUT2D eigenvalue weighted by Crippen LogP contribution is -2.42. The van der Waals surface area contributed by atoms with Gasteiger partial charge in [-0.25, -0.2) is 4.98 Å². The summed E-state index contributed by atoms with van der Waals surface area (Å²) >= 11 is 0. The van der Waals surface area contributed by atoms with Crippen LogP contribution >= 0.6 is 0 Å². The number of aromatic nitrogens is 2. The van der Waals surface area contributed by atoms with E-state index in [2.05, 4.69) is 15.3 Å². The minimum atomic E-state index is -1.11. The van der Waals surface area contributed by atoms with E-state index >= 15 is 0 Å². The van der Waals surface area contributed by atoms with Gasteiger partial charge < -0.3 is 30.6 Å². The molecule has 0 bridgehead atoms. The highest BCUT2D eigenvalue weighted by atomic mass is 16.6. The second-order valence-electron chi connectivity index (χ2n) is 4.71. The second-order valence-corrected chi connectivity index (χ2v) is 4.71. The van der Waals surface area contributed by atoms with Crippen LogP contribution in [0.3, 0.4) is 0 Å². The molecule has 0 aliphatic rings. The van der Waals surface area contributed by atoms with Crippen LogP contribution in [0.15, 0.2) is 12.5 Å². The molecule has 0 aliphatic carbocycles. The SMILES string of the molecule is CN[C@@H](Cc1c[nH]cn1)C(=O)OCCOC(=O)[C@@H](N)[C@@H](C)O. The first-order valence-electron chi connectivity index (χ1n) is 6.87. The number of esters is 2. The molecule has 1 rings (SSSR count). The van der Waals surface area contributed by atoms with Crippen molar-refractivity contribution in [3.63, 3.8) is 0 Å². The van der Waals surface area contributed by atoms with Gasteiger partial charge in [-0.05, 0) is 14.0 Å². The first-order valence-corrected chi connectivity index (χ1v) is 6.87. The molecule has 124 valence electrons. The monoisotopic (exact) mass is 314 g/mol. The van der Waals surface area contributed by atoms with E-state index in [0.717, 1.165) is 5.69 Å². The zero-order valence-corrected chi connectivity index (χ0v) is 12.6. The van der Waals surface area contributed by atoms with E-state index in [1.807, 2.05) is 0 Å². The van der Waals surface area contributed by atoms with Crippen molar-refractivity contribution < 1.29 is 24.2 Å². The molecular formula is C13H22N4O5. The van der Waals surface area contributed by atoms with Crippen LogP contribution in [-0.2, 0) is 25.5 Å². The smallest absolute Gasteiger partial charge is 0.325 e. The molecule has 0 fully saturated rings. The maximum absolute atomic E-state index is 11.9. The summed E-state index contributed by atoms with van der Waals surface area (Å²) in [7, 11) is 1.64. The molecule has 0 aromatic carbocycles. The van der Waals surface area contributed by atoms with E-state index in [9.17, 15) is 9.59 Å². The van der Waals surface area contributed by atoms with Gasteiger partial charge in [0.1, 0.15) is 25.3 Å². The van der Waals surface area contributed by atoms with Gasteiger partial charge in [-0.2, -0.15) is 0 Å². The van der Waals surface area contributed by atoms with E-state index in [4.69, 9.17) is 20.3 Å². The van der Waals surface area contributed by atoms with Crippen molar-refractivity contribution in [1.82, 2.24) is 15.3 Å². The van der Waals surface area contributed by atoms with Crippen molar-refractivity contribution in [2.75, 3.05) is 20.3 Å². The zero-order valence-electron chi connectivity index (χ0n) is 12.6. The first kappa shape index (κ1) is 18.1. The number of hydrogen-bond donors (Lipinski definition) is 4. The normalized spacial score (nSPS) is 14.9. The van der Waals surface area contributed by atoms with Crippen LogP contribution in [-0.4, -0.2) is 65.5 Å². The Kier molecular flexibility index (Phi) is 7.50. The summed E-state index contributed by atoms with van der Waals surface area (Å²) in [6.07, 6.45) is 2.60. The summed E-state index contributed by atoms with van der Waals surface area (Å²) in [6, 6.07) is -1.65. The van der Waals surface area contributed by atoms with Crippen molar-refractivity contribution in [3.05, 3.63) is 18.2 Å². The largest absolute Gasteiger partial charge is 0.461 e. The maximum Gasteiger partial charge on any atom is 0.325 e. The zero-order chi connectivity index (χ0) is 16.5. The lowest BCUT2D eigenvalue weighted by molar-refractivity contribution is -0.155. The lowest BCUT2D eigenvalue weighted by Gasteiger charge is -2.15. The number of nitrogens with one attached hydrogen (secondary N) is 2. The fraction of sp³-hybridized carbons (Fsp3) is 0.615. The average Bonchev–Trinajstić information content (AvgIpc) is 3.00. The second kappa shape index (κ2) is 9.13. The highest BCUT2D eigenvalue weighted by Gasteiger charge is 2.21. The van der Waals surface area contributed by atoms with Gasteiger partial charge in [0, 0.05) is 12.6 Å². The molecule has 0 aliphatic heterocycles. The Balaban J connectivity index is 2.28. The average molecular weight is 314 g/mol. The Bertz CT molecular complexity index is 463. The number of carbonyl (C=O) groups excluding carboxylic acids is 2. The number of nitrogens with zero attached hydrogens (tertiary/aromatic N) is 1. The van der Waals surface area contributed by atoms with Crippen LogP contribution in [0, 0.1) is 0 Å². The van der Waals surface area contributed by atoms with Crippen LogP contribution in [0.4, 0.5) is 0 Å². The Morgan fingerprint density at radius 3 is 2.55 bits per heavy atom. The van der Waals surface area contributed by atoms with Crippen LogP contribution in [0.2, 0.25) is 0 Å². The standard InChI is InChI=1S/C13H22N4O5/c1-8(18)11(14)13(20)22-4-3-21-12(19)10(15-2)5-9-6-16-7-17-9/h6-8,10-11,15,18H,3-5,14H2,1-2H3,(H,16,17)/t8-,10+,11+/m1/s1. The number of rotatable bonds is 9. The Labute approximate surface area is 128 Å². The van der Waals surface area contributed by atoms with E-state index in [1.54, 1.807) is 13.2 Å². The third-order valence-electron chi connectivity index (χ3n) is 2.96. The third-order valence-corrected chi connectivity index (χ3v) is 2.96. The summed E-state index contributed by atoms with van der Waals surface area (Å²) in [5.41, 5.74) is 6.12. The number of carbonyl (C=O) groups is 2. The summed E-state index contributed by atoms with van der Waals surface area (Å²) in [4.78, 5) is 30.1. The summed E-state index contributed by atoms with van der Waals surface area (Å²) < 4.78 is 9.81. The number of nitrogens with two attached hydrogens (primary N) is 1. The first-order chi connectivity index (χ1) is 10.5. The van der Waals surface area contributed by atoms with Crippen molar-refractivity contribution in [3.8, 4) is 0 Å². The fourth-order valence-electron chi connectivity index (χ4n) is 1.59. The summed E-state index contributed by atoms with van der Waals surface area (Å²) in [5, 5.41) is 12.0. The molecule has 3 atom stereocenters. The molecule has 9 heteroatoms. The van der Waals surface area contributed by atoms with Gasteiger partial charge in [-0.1, -0.05) is 0 Å². The Hall–Kier alpha value is -1.97. The minimum Gasteiger partial charge on any atom is -0.461 e. The molecule has 0 saturated heterocycles. The number of aliphatic hydroxyl groups excluding tert-OH is 1. The van der Waals surface area contributed by atoms with Crippen LogP contribution < -0.4 is 11.1 Å². The number of likely N-dealkylation sites (N-methyl/N-ethyl adjacent to an activating group) is 1. The van der Waals surface area contributed by atoms with Gasteiger partial charge in [-0.15, -0.1) is 0 Å². The number of ether oxygens (including phenoxy) is 2. The van der Waals surface area contributed by atoms with Gasteiger partial charge in [0.2, 0.25) is 0 Å². The van der Waals surface area contributed by atoms with Gasteiger partial charge in [0.05, 0.1) is 18.1 Å². The number of aromatic amines is 1. The van der Waals surface area contributed by atoms with Gasteiger partial charge >= 0.3 is 11.9 Å². The fourth-order valence-corrected chi connectivity index (χ4v) is 1.59. The quantitative estimate of drug-likeness (QED) is 0.313. The van der Waals surface area contributed by atoms with E-state index in [-0.39, 0.29) is 13.2 Å². The van der Waals surface area contributed by atoms with E-state index in [0.29, 0.717) is 6.42 Å². The lowest BCUT2D eigenvalue weighted by atomic mass is 10.2. The van der Waals surface area contributed by atoms with Crippen molar-refractivity contribution in [1.29, 1.82) is 0 Å². The minimum absolute atomic E-state index is 0.0875. The van der Waals surface area contributed by atoms with E-state index in [1.165, 1.54) is 13.3 Å². The molecule has 9 nitrogen and oxygen atoms in total.